The monoisotopic (exact) mass is 335 g/mol. The Morgan fingerprint density at radius 2 is 2.12 bits per heavy atom. The van der Waals surface area contributed by atoms with Crippen LogP contribution in [0.4, 0.5) is 8.78 Å². The summed E-state index contributed by atoms with van der Waals surface area (Å²) in [4.78, 5) is 20.1. The van der Waals surface area contributed by atoms with Crippen molar-refractivity contribution >= 4 is 0 Å². The fourth-order valence-electron chi connectivity index (χ4n) is 1.94. The van der Waals surface area contributed by atoms with Gasteiger partial charge in [0.15, 0.2) is 0 Å². The van der Waals surface area contributed by atoms with E-state index in [0.29, 0.717) is 11.3 Å². The third-order valence-electron chi connectivity index (χ3n) is 3.12. The second-order valence-electron chi connectivity index (χ2n) is 4.68. The lowest BCUT2D eigenvalue weighted by Gasteiger charge is -2.06. The Bertz CT molecular complexity index is 892. The third kappa shape index (κ3) is 3.12. The van der Waals surface area contributed by atoms with Crippen molar-refractivity contribution < 1.29 is 17.9 Å². The molecule has 3 aromatic rings. The van der Waals surface area contributed by atoms with Gasteiger partial charge in [0, 0.05) is 6.20 Å². The van der Waals surface area contributed by atoms with Crippen LogP contribution in [0.3, 0.4) is 0 Å². The molecule has 0 spiro atoms. The van der Waals surface area contributed by atoms with Crippen LogP contribution in [-0.4, -0.2) is 31.8 Å². The first-order valence-electron chi connectivity index (χ1n) is 6.73. The number of hydrogen-bond acceptors (Lipinski definition) is 7. The van der Waals surface area contributed by atoms with E-state index in [2.05, 4.69) is 20.2 Å². The number of halogens is 2. The van der Waals surface area contributed by atoms with Crippen molar-refractivity contribution in [1.29, 1.82) is 0 Å². The third-order valence-corrected chi connectivity index (χ3v) is 3.12. The maximum atomic E-state index is 12.4. The van der Waals surface area contributed by atoms with Gasteiger partial charge >= 0.3 is 6.43 Å². The molecule has 0 fully saturated rings. The number of methoxy groups -OCH3 is 1. The summed E-state index contributed by atoms with van der Waals surface area (Å²) in [5.74, 6) is -0.674. The molecule has 0 amide bonds. The summed E-state index contributed by atoms with van der Waals surface area (Å²) in [6.45, 7) is 0.176. The SMILES string of the molecule is COc1cncn(Cc2ccc(-c3nnc(C(F)F)o3)cn2)c1=O. The summed E-state index contributed by atoms with van der Waals surface area (Å²) >= 11 is 0. The molecule has 124 valence electrons. The van der Waals surface area contributed by atoms with Gasteiger partial charge in [0.2, 0.25) is 11.6 Å². The number of pyridine rings is 1. The molecule has 24 heavy (non-hydrogen) atoms. The van der Waals surface area contributed by atoms with Gasteiger partial charge in [-0.2, -0.15) is 8.78 Å². The quantitative estimate of drug-likeness (QED) is 0.700. The lowest BCUT2D eigenvalue weighted by molar-refractivity contribution is 0.116. The van der Waals surface area contributed by atoms with E-state index in [4.69, 9.17) is 9.15 Å². The van der Waals surface area contributed by atoms with Crippen LogP contribution in [0.5, 0.6) is 5.75 Å². The molecule has 3 aromatic heterocycles. The standard InChI is InChI=1S/C14H11F2N5O3/c1-23-10-5-17-7-21(14(10)22)6-9-3-2-8(4-18-9)12-19-20-13(24-12)11(15)16/h2-5,7,11H,6H2,1H3. The summed E-state index contributed by atoms with van der Waals surface area (Å²) in [7, 11) is 1.38. The van der Waals surface area contributed by atoms with Crippen LogP contribution in [0.2, 0.25) is 0 Å². The Hall–Kier alpha value is -3.17. The summed E-state index contributed by atoms with van der Waals surface area (Å²) in [6, 6.07) is 3.21. The van der Waals surface area contributed by atoms with Crippen molar-refractivity contribution in [3.05, 3.63) is 52.8 Å². The molecule has 0 aliphatic rings. The average Bonchev–Trinajstić information content (AvgIpc) is 3.08. The van der Waals surface area contributed by atoms with Gasteiger partial charge in [-0.15, -0.1) is 10.2 Å². The highest BCUT2D eigenvalue weighted by molar-refractivity contribution is 5.50. The molecule has 0 aromatic carbocycles. The van der Waals surface area contributed by atoms with Gasteiger partial charge in [-0.3, -0.25) is 14.3 Å². The molecule has 3 heterocycles. The average molecular weight is 335 g/mol. The lowest BCUT2D eigenvalue weighted by atomic mass is 10.2. The van der Waals surface area contributed by atoms with Crippen LogP contribution in [-0.2, 0) is 6.54 Å². The van der Waals surface area contributed by atoms with Crippen LogP contribution >= 0.6 is 0 Å². The van der Waals surface area contributed by atoms with Gasteiger partial charge in [0.1, 0.15) is 0 Å². The zero-order valence-electron chi connectivity index (χ0n) is 12.4. The van der Waals surface area contributed by atoms with Gasteiger partial charge in [-0.05, 0) is 12.1 Å². The molecule has 10 heteroatoms. The van der Waals surface area contributed by atoms with E-state index in [-0.39, 0.29) is 23.7 Å². The van der Waals surface area contributed by atoms with Crippen LogP contribution in [0.1, 0.15) is 18.0 Å². The number of aromatic nitrogens is 5. The number of rotatable bonds is 5. The Morgan fingerprint density at radius 3 is 2.75 bits per heavy atom. The molecule has 0 N–H and O–H groups in total. The second-order valence-corrected chi connectivity index (χ2v) is 4.68. The predicted molar refractivity (Wildman–Crippen MR) is 76.6 cm³/mol. The van der Waals surface area contributed by atoms with Crippen LogP contribution < -0.4 is 10.3 Å². The van der Waals surface area contributed by atoms with Crippen molar-refractivity contribution in [2.45, 2.75) is 13.0 Å². The van der Waals surface area contributed by atoms with Crippen LogP contribution in [0, 0.1) is 0 Å². The first kappa shape index (κ1) is 15.7. The highest BCUT2D eigenvalue weighted by atomic mass is 19.3. The maximum absolute atomic E-state index is 12.4. The molecule has 0 unspecified atom stereocenters. The molecule has 0 saturated heterocycles. The van der Waals surface area contributed by atoms with Crippen molar-refractivity contribution in [3.8, 4) is 17.2 Å². The van der Waals surface area contributed by atoms with E-state index < -0.39 is 12.3 Å². The number of alkyl halides is 2. The zero-order chi connectivity index (χ0) is 17.1. The Labute approximate surface area is 133 Å². The maximum Gasteiger partial charge on any atom is 0.314 e. The van der Waals surface area contributed by atoms with Crippen molar-refractivity contribution in [2.24, 2.45) is 0 Å². The molecule has 0 radical (unpaired) electrons. The van der Waals surface area contributed by atoms with E-state index in [1.165, 1.54) is 30.4 Å². The molecule has 3 rings (SSSR count). The molecule has 0 bridgehead atoms. The second kappa shape index (κ2) is 6.52. The number of ether oxygens (including phenoxy) is 1. The topological polar surface area (TPSA) is 95.9 Å². The van der Waals surface area contributed by atoms with E-state index in [9.17, 15) is 13.6 Å². The smallest absolute Gasteiger partial charge is 0.314 e. The van der Waals surface area contributed by atoms with Crippen molar-refractivity contribution in [3.63, 3.8) is 0 Å². The largest absolute Gasteiger partial charge is 0.490 e. The summed E-state index contributed by atoms with van der Waals surface area (Å²) in [5, 5.41) is 6.79. The molecular weight excluding hydrogens is 324 g/mol. The van der Waals surface area contributed by atoms with Crippen molar-refractivity contribution in [1.82, 2.24) is 24.7 Å². The Morgan fingerprint density at radius 1 is 1.29 bits per heavy atom. The van der Waals surface area contributed by atoms with E-state index >= 15 is 0 Å². The normalized spacial score (nSPS) is 11.0. The molecule has 0 saturated carbocycles. The Kier molecular flexibility index (Phi) is 4.27. The summed E-state index contributed by atoms with van der Waals surface area (Å²) in [5.41, 5.74) is 0.621. The molecule has 0 aliphatic heterocycles. The highest BCUT2D eigenvalue weighted by Crippen LogP contribution is 2.22. The van der Waals surface area contributed by atoms with Gasteiger partial charge in [0.25, 0.3) is 11.4 Å². The minimum absolute atomic E-state index is 0.0513. The van der Waals surface area contributed by atoms with Crippen LogP contribution in [0.15, 0.2) is 40.1 Å². The fourth-order valence-corrected chi connectivity index (χ4v) is 1.94. The minimum atomic E-state index is -2.83. The molecule has 8 nitrogen and oxygen atoms in total. The summed E-state index contributed by atoms with van der Waals surface area (Å²) < 4.78 is 36.0. The van der Waals surface area contributed by atoms with Crippen LogP contribution in [0.25, 0.3) is 11.5 Å². The van der Waals surface area contributed by atoms with Gasteiger partial charge in [-0.25, -0.2) is 4.98 Å². The fraction of sp³-hybridized carbons (Fsp3) is 0.214. The van der Waals surface area contributed by atoms with Gasteiger partial charge in [0.05, 0.1) is 37.4 Å². The summed E-state index contributed by atoms with van der Waals surface area (Å²) in [6.07, 6.45) is 1.27. The first-order chi connectivity index (χ1) is 11.6. The lowest BCUT2D eigenvalue weighted by Crippen LogP contribution is -2.22. The molecule has 0 aliphatic carbocycles. The Balaban J connectivity index is 1.81. The van der Waals surface area contributed by atoms with E-state index in [1.807, 2.05) is 0 Å². The van der Waals surface area contributed by atoms with Gasteiger partial charge < -0.3 is 9.15 Å². The molecular formula is C14H11F2N5O3. The predicted octanol–water partition coefficient (Wildman–Crippen LogP) is 1.68. The van der Waals surface area contributed by atoms with Gasteiger partial charge in [-0.1, -0.05) is 0 Å². The zero-order valence-corrected chi connectivity index (χ0v) is 12.4. The van der Waals surface area contributed by atoms with Crippen molar-refractivity contribution in [2.75, 3.05) is 7.11 Å². The highest BCUT2D eigenvalue weighted by Gasteiger charge is 2.17. The molecule has 0 atom stereocenters. The number of hydrogen-bond donors (Lipinski definition) is 0. The minimum Gasteiger partial charge on any atom is -0.490 e. The number of nitrogens with zero attached hydrogens (tertiary/aromatic N) is 5. The first-order valence-corrected chi connectivity index (χ1v) is 6.73. The van der Waals surface area contributed by atoms with E-state index in [0.717, 1.165) is 0 Å². The van der Waals surface area contributed by atoms with E-state index in [1.54, 1.807) is 12.1 Å².